The molecule has 0 amide bonds. The highest BCUT2D eigenvalue weighted by molar-refractivity contribution is 7.89. The Morgan fingerprint density at radius 1 is 1.17 bits per heavy atom. The molecule has 0 bridgehead atoms. The molecule has 3 rings (SSSR count). The lowest BCUT2D eigenvalue weighted by atomic mass is 9.93. The Kier molecular flexibility index (Phi) is 6.45. The summed E-state index contributed by atoms with van der Waals surface area (Å²) in [6, 6.07) is 12.3. The number of sulfonamides is 1. The number of benzene rings is 2. The van der Waals surface area contributed by atoms with Gasteiger partial charge in [0.2, 0.25) is 10.0 Å². The Hall–Kier alpha value is -2.17. The molecule has 10 heteroatoms. The highest BCUT2D eigenvalue weighted by Crippen LogP contribution is 2.28. The minimum atomic E-state index is -4.11. The van der Waals surface area contributed by atoms with Gasteiger partial charge in [0.1, 0.15) is 11.5 Å². The molecule has 0 spiro atoms. The van der Waals surface area contributed by atoms with Crippen molar-refractivity contribution >= 4 is 27.6 Å². The molecule has 1 aliphatic rings. The average molecular weight is 442 g/mol. The van der Waals surface area contributed by atoms with Crippen molar-refractivity contribution in [2.24, 2.45) is 0 Å². The van der Waals surface area contributed by atoms with Crippen LogP contribution in [0.3, 0.4) is 0 Å². The van der Waals surface area contributed by atoms with Gasteiger partial charge in [0.05, 0.1) is 11.5 Å². The van der Waals surface area contributed by atoms with Crippen molar-refractivity contribution in [3.63, 3.8) is 0 Å². The summed E-state index contributed by atoms with van der Waals surface area (Å²) >= 11 is 5.83. The Balaban J connectivity index is 1.74. The molecule has 1 saturated heterocycles. The summed E-state index contributed by atoms with van der Waals surface area (Å²) in [5.74, 6) is -0.346. The maximum absolute atomic E-state index is 12.8. The van der Waals surface area contributed by atoms with Crippen molar-refractivity contribution in [1.29, 1.82) is 0 Å². The van der Waals surface area contributed by atoms with E-state index in [2.05, 4.69) is 4.72 Å². The largest absolute Gasteiger partial charge is 0.480 e. The van der Waals surface area contributed by atoms with Crippen LogP contribution in [-0.2, 0) is 24.3 Å². The molecule has 0 aliphatic carbocycles. The van der Waals surface area contributed by atoms with E-state index in [1.54, 1.807) is 24.3 Å². The molecular weight excluding hydrogens is 422 g/mol. The van der Waals surface area contributed by atoms with E-state index in [0.29, 0.717) is 16.5 Å². The first-order chi connectivity index (χ1) is 13.7. The Morgan fingerprint density at radius 3 is 2.24 bits per heavy atom. The molecule has 29 heavy (non-hydrogen) atoms. The summed E-state index contributed by atoms with van der Waals surface area (Å²) in [4.78, 5) is 11.7. The van der Waals surface area contributed by atoms with Crippen LogP contribution in [0.4, 0.5) is 0 Å². The Morgan fingerprint density at radius 2 is 1.76 bits per heavy atom. The van der Waals surface area contributed by atoms with Gasteiger partial charge in [0.25, 0.3) is 0 Å². The van der Waals surface area contributed by atoms with Crippen LogP contribution < -0.4 is 9.46 Å². The van der Waals surface area contributed by atoms with Crippen molar-refractivity contribution < 1.29 is 32.5 Å². The van der Waals surface area contributed by atoms with Crippen LogP contribution in [0.15, 0.2) is 53.4 Å². The second-order valence-electron chi connectivity index (χ2n) is 6.54. The van der Waals surface area contributed by atoms with E-state index in [9.17, 15) is 18.3 Å². The monoisotopic (exact) mass is 441 g/mol. The minimum Gasteiger partial charge on any atom is -0.480 e. The molecule has 2 unspecified atom stereocenters. The molecule has 2 atom stereocenters. The first kappa shape index (κ1) is 21.5. The molecule has 2 aromatic rings. The molecule has 1 aliphatic heterocycles. The summed E-state index contributed by atoms with van der Waals surface area (Å²) < 4.78 is 43.8. The number of aliphatic carboxylic acids is 1. The molecule has 0 radical (unpaired) electrons. The number of nitrogens with one attached hydrogen (secondary N) is 1. The number of carboxylic acids is 1. The number of ether oxygens (including phenoxy) is 3. The van der Waals surface area contributed by atoms with Gasteiger partial charge in [-0.15, -0.1) is 0 Å². The van der Waals surface area contributed by atoms with Crippen LogP contribution in [0.25, 0.3) is 0 Å². The third-order valence-electron chi connectivity index (χ3n) is 4.51. The third-order valence-corrected chi connectivity index (χ3v) is 6.31. The topological polar surface area (TPSA) is 111 Å². The van der Waals surface area contributed by atoms with Gasteiger partial charge < -0.3 is 19.3 Å². The second-order valence-corrected chi connectivity index (χ2v) is 8.65. The van der Waals surface area contributed by atoms with Gasteiger partial charge in [-0.3, -0.25) is 4.79 Å². The third kappa shape index (κ3) is 5.06. The highest BCUT2D eigenvalue weighted by atomic mass is 35.5. The van der Waals surface area contributed by atoms with E-state index in [0.717, 1.165) is 0 Å². The van der Waals surface area contributed by atoms with E-state index < -0.39 is 27.8 Å². The van der Waals surface area contributed by atoms with E-state index >= 15 is 0 Å². The number of hydrogen-bond acceptors (Lipinski definition) is 6. The summed E-state index contributed by atoms with van der Waals surface area (Å²) in [6.07, 6.45) is -0.270. The van der Waals surface area contributed by atoms with E-state index in [4.69, 9.17) is 25.8 Å². The number of carboxylic acid groups (broad SMARTS) is 1. The van der Waals surface area contributed by atoms with Crippen molar-refractivity contribution in [2.45, 2.75) is 29.6 Å². The van der Waals surface area contributed by atoms with Gasteiger partial charge >= 0.3 is 5.97 Å². The second kappa shape index (κ2) is 8.68. The molecule has 156 valence electrons. The lowest BCUT2D eigenvalue weighted by Gasteiger charge is -2.36. The summed E-state index contributed by atoms with van der Waals surface area (Å²) in [5.41, 5.74) is -1.76. The molecule has 8 nitrogen and oxygen atoms in total. The van der Waals surface area contributed by atoms with Crippen LogP contribution in [0.2, 0.25) is 5.02 Å². The average Bonchev–Trinajstić information content (AvgIpc) is 2.70. The molecule has 1 heterocycles. The smallest absolute Gasteiger partial charge is 0.327 e. The molecule has 0 aromatic heterocycles. The zero-order valence-corrected chi connectivity index (χ0v) is 17.1. The van der Waals surface area contributed by atoms with Crippen LogP contribution in [0, 0.1) is 0 Å². The number of methoxy groups -OCH3 is 1. The predicted molar refractivity (Wildman–Crippen MR) is 105 cm³/mol. The van der Waals surface area contributed by atoms with Crippen molar-refractivity contribution in [2.75, 3.05) is 13.7 Å². The fourth-order valence-corrected chi connectivity index (χ4v) is 4.38. The first-order valence-electron chi connectivity index (χ1n) is 8.69. The predicted octanol–water partition coefficient (Wildman–Crippen LogP) is 3.02. The number of rotatable bonds is 7. The molecule has 0 saturated carbocycles. The summed E-state index contributed by atoms with van der Waals surface area (Å²) in [5, 5.41) is 10.2. The van der Waals surface area contributed by atoms with Gasteiger partial charge in [-0.05, 0) is 55.0 Å². The van der Waals surface area contributed by atoms with E-state index in [1.807, 2.05) is 0 Å². The molecule has 1 fully saturated rings. The number of hydrogen-bond donors (Lipinski definition) is 2. The lowest BCUT2D eigenvalue weighted by Crippen LogP contribution is -2.60. The highest BCUT2D eigenvalue weighted by Gasteiger charge is 2.46. The van der Waals surface area contributed by atoms with E-state index in [-0.39, 0.29) is 24.3 Å². The van der Waals surface area contributed by atoms with Gasteiger partial charge in [-0.1, -0.05) is 11.6 Å². The summed E-state index contributed by atoms with van der Waals surface area (Å²) in [7, 11) is -2.67. The molecule has 2 aromatic carbocycles. The maximum Gasteiger partial charge on any atom is 0.327 e. The van der Waals surface area contributed by atoms with Crippen LogP contribution in [-0.4, -0.2) is 45.0 Å². The SMILES string of the molecule is COC1CCC(NS(=O)(=O)c2ccc(Oc3ccc(Cl)cc3)cc2)(C(=O)O)CO1. The fourth-order valence-electron chi connectivity index (χ4n) is 2.88. The van der Waals surface area contributed by atoms with Crippen molar-refractivity contribution in [1.82, 2.24) is 4.72 Å². The number of halogens is 1. The quantitative estimate of drug-likeness (QED) is 0.679. The normalized spacial score (nSPS) is 22.2. The molecule has 2 N–H and O–H groups in total. The van der Waals surface area contributed by atoms with Gasteiger partial charge in [0.15, 0.2) is 11.8 Å². The Labute approximate surface area is 173 Å². The maximum atomic E-state index is 12.8. The van der Waals surface area contributed by atoms with Gasteiger partial charge in [0, 0.05) is 18.6 Å². The molecular formula is C19H20ClNO7S. The van der Waals surface area contributed by atoms with Crippen molar-refractivity contribution in [3.05, 3.63) is 53.6 Å². The van der Waals surface area contributed by atoms with Crippen LogP contribution >= 0.6 is 11.6 Å². The van der Waals surface area contributed by atoms with Gasteiger partial charge in [-0.25, -0.2) is 8.42 Å². The van der Waals surface area contributed by atoms with Gasteiger partial charge in [-0.2, -0.15) is 4.72 Å². The number of carbonyl (C=O) groups is 1. The van der Waals surface area contributed by atoms with Crippen LogP contribution in [0.5, 0.6) is 11.5 Å². The zero-order chi connectivity index (χ0) is 21.1. The Bertz CT molecular complexity index is 953. The lowest BCUT2D eigenvalue weighted by molar-refractivity contribution is -0.181. The van der Waals surface area contributed by atoms with Crippen LogP contribution in [0.1, 0.15) is 12.8 Å². The standard InChI is InChI=1S/C19H20ClNO7S/c1-26-17-10-11-19(12-27-17,18(22)23)21-29(24,25)16-8-6-15(7-9-16)28-14-4-2-13(20)3-5-14/h2-9,17,21H,10-12H2,1H3,(H,22,23). The first-order valence-corrected chi connectivity index (χ1v) is 10.6. The minimum absolute atomic E-state index is 0.0395. The summed E-state index contributed by atoms with van der Waals surface area (Å²) in [6.45, 7) is -0.335. The fraction of sp³-hybridized carbons (Fsp3) is 0.316. The zero-order valence-electron chi connectivity index (χ0n) is 15.5. The van der Waals surface area contributed by atoms with E-state index in [1.165, 1.54) is 31.4 Å². The van der Waals surface area contributed by atoms with Crippen molar-refractivity contribution in [3.8, 4) is 11.5 Å².